The number of pyridine rings is 1. The first-order valence-electron chi connectivity index (χ1n) is 5.97. The lowest BCUT2D eigenvalue weighted by molar-refractivity contribution is 0.0830. The van der Waals surface area contributed by atoms with Crippen LogP contribution in [0.25, 0.3) is 11.6 Å². The summed E-state index contributed by atoms with van der Waals surface area (Å²) in [7, 11) is 0. The van der Waals surface area contributed by atoms with E-state index in [4.69, 9.17) is 15.0 Å². The minimum Gasteiger partial charge on any atom is -0.384 e. The summed E-state index contributed by atoms with van der Waals surface area (Å²) in [5.41, 5.74) is 6.24. The predicted molar refractivity (Wildman–Crippen MR) is 64.7 cm³/mol. The smallest absolute Gasteiger partial charge is 0.276 e. The van der Waals surface area contributed by atoms with Crippen LogP contribution >= 0.6 is 0 Å². The van der Waals surface area contributed by atoms with Gasteiger partial charge in [-0.1, -0.05) is 11.2 Å². The van der Waals surface area contributed by atoms with Gasteiger partial charge in [-0.25, -0.2) is 4.98 Å². The molecule has 0 aliphatic carbocycles. The Morgan fingerprint density at radius 3 is 2.78 bits per heavy atom. The summed E-state index contributed by atoms with van der Waals surface area (Å²) in [6.45, 7) is 1.51. The van der Waals surface area contributed by atoms with Gasteiger partial charge in [-0.2, -0.15) is 4.98 Å². The van der Waals surface area contributed by atoms with Crippen LogP contribution in [0.2, 0.25) is 0 Å². The van der Waals surface area contributed by atoms with E-state index in [1.807, 2.05) is 6.07 Å². The van der Waals surface area contributed by atoms with Crippen molar-refractivity contribution in [3.8, 4) is 11.6 Å². The van der Waals surface area contributed by atoms with Gasteiger partial charge in [-0.05, 0) is 25.0 Å². The number of hydrogen-bond donors (Lipinski definition) is 1. The summed E-state index contributed by atoms with van der Waals surface area (Å²) >= 11 is 0. The number of nitrogens with two attached hydrogens (primary N) is 1. The molecular weight excluding hydrogens is 232 g/mol. The highest BCUT2D eigenvalue weighted by Gasteiger charge is 2.22. The molecule has 1 saturated heterocycles. The van der Waals surface area contributed by atoms with Crippen molar-refractivity contribution in [1.82, 2.24) is 15.1 Å². The summed E-state index contributed by atoms with van der Waals surface area (Å²) in [6, 6.07) is 5.34. The van der Waals surface area contributed by atoms with E-state index in [1.165, 1.54) is 0 Å². The van der Waals surface area contributed by atoms with E-state index in [9.17, 15) is 0 Å². The summed E-state index contributed by atoms with van der Waals surface area (Å²) in [6.07, 6.45) is 1.87. The SMILES string of the molecule is Nc1cccc(-c2nc(C3CCOCC3)no2)n1. The molecule has 2 aromatic heterocycles. The van der Waals surface area contributed by atoms with Crippen LogP contribution in [0.15, 0.2) is 22.7 Å². The maximum Gasteiger partial charge on any atom is 0.276 e. The van der Waals surface area contributed by atoms with Crippen molar-refractivity contribution in [2.75, 3.05) is 18.9 Å². The van der Waals surface area contributed by atoms with Crippen molar-refractivity contribution >= 4 is 5.82 Å². The Labute approximate surface area is 104 Å². The fraction of sp³-hybridized carbons (Fsp3) is 0.417. The van der Waals surface area contributed by atoms with Crippen LogP contribution in [0.3, 0.4) is 0 Å². The molecule has 0 unspecified atom stereocenters. The monoisotopic (exact) mass is 246 g/mol. The predicted octanol–water partition coefficient (Wildman–Crippen LogP) is 1.61. The van der Waals surface area contributed by atoms with Gasteiger partial charge >= 0.3 is 0 Å². The van der Waals surface area contributed by atoms with E-state index >= 15 is 0 Å². The Balaban J connectivity index is 1.84. The number of anilines is 1. The lowest BCUT2D eigenvalue weighted by atomic mass is 10.00. The van der Waals surface area contributed by atoms with Crippen LogP contribution in [-0.4, -0.2) is 28.3 Å². The Hall–Kier alpha value is -1.95. The average molecular weight is 246 g/mol. The zero-order valence-electron chi connectivity index (χ0n) is 9.87. The zero-order valence-corrected chi connectivity index (χ0v) is 9.87. The maximum atomic E-state index is 5.63. The molecular formula is C12H14N4O2. The van der Waals surface area contributed by atoms with Crippen LogP contribution in [0.4, 0.5) is 5.82 Å². The van der Waals surface area contributed by atoms with Gasteiger partial charge in [0.05, 0.1) is 0 Å². The van der Waals surface area contributed by atoms with Crippen LogP contribution < -0.4 is 5.73 Å². The molecule has 3 rings (SSSR count). The number of aromatic nitrogens is 3. The van der Waals surface area contributed by atoms with Gasteiger partial charge in [-0.15, -0.1) is 0 Å². The second-order valence-corrected chi connectivity index (χ2v) is 4.29. The molecule has 2 N–H and O–H groups in total. The van der Waals surface area contributed by atoms with Gasteiger partial charge in [0.1, 0.15) is 11.5 Å². The van der Waals surface area contributed by atoms with Gasteiger partial charge in [0.2, 0.25) is 0 Å². The highest BCUT2D eigenvalue weighted by molar-refractivity contribution is 5.50. The summed E-state index contributed by atoms with van der Waals surface area (Å²) < 4.78 is 10.6. The Morgan fingerprint density at radius 1 is 1.17 bits per heavy atom. The third-order valence-electron chi connectivity index (χ3n) is 3.02. The van der Waals surface area contributed by atoms with Gasteiger partial charge in [0, 0.05) is 19.1 Å². The molecule has 0 saturated carbocycles. The first kappa shape index (κ1) is 11.2. The molecule has 18 heavy (non-hydrogen) atoms. The molecule has 0 aromatic carbocycles. The molecule has 6 heteroatoms. The van der Waals surface area contributed by atoms with Crippen molar-refractivity contribution in [2.24, 2.45) is 0 Å². The average Bonchev–Trinajstić information content (AvgIpc) is 2.89. The summed E-state index contributed by atoms with van der Waals surface area (Å²) in [5, 5.41) is 4.02. The molecule has 6 nitrogen and oxygen atoms in total. The third kappa shape index (κ3) is 2.19. The fourth-order valence-electron chi connectivity index (χ4n) is 2.03. The molecule has 1 aliphatic rings. The lowest BCUT2D eigenvalue weighted by Crippen LogP contribution is -2.15. The highest BCUT2D eigenvalue weighted by Crippen LogP contribution is 2.26. The van der Waals surface area contributed by atoms with Crippen molar-refractivity contribution in [3.05, 3.63) is 24.0 Å². The van der Waals surface area contributed by atoms with Gasteiger partial charge in [0.15, 0.2) is 5.82 Å². The van der Waals surface area contributed by atoms with Crippen LogP contribution in [0.5, 0.6) is 0 Å². The van der Waals surface area contributed by atoms with Crippen molar-refractivity contribution in [2.45, 2.75) is 18.8 Å². The first-order valence-corrected chi connectivity index (χ1v) is 5.97. The molecule has 1 fully saturated rings. The summed E-state index contributed by atoms with van der Waals surface area (Å²) in [5.74, 6) is 1.91. The van der Waals surface area contributed by atoms with Crippen molar-refractivity contribution in [1.29, 1.82) is 0 Å². The molecule has 0 bridgehead atoms. The number of nitrogens with zero attached hydrogens (tertiary/aromatic N) is 3. The van der Waals surface area contributed by atoms with Crippen LogP contribution in [0, 0.1) is 0 Å². The van der Waals surface area contributed by atoms with Crippen molar-refractivity contribution in [3.63, 3.8) is 0 Å². The molecule has 0 radical (unpaired) electrons. The van der Waals surface area contributed by atoms with E-state index in [0.29, 0.717) is 23.3 Å². The standard InChI is InChI=1S/C12H14N4O2/c13-10-3-1-2-9(14-10)12-15-11(16-18-12)8-4-6-17-7-5-8/h1-3,8H,4-7H2,(H2,13,14). The molecule has 2 aromatic rings. The minimum absolute atomic E-state index is 0.317. The van der Waals surface area contributed by atoms with Crippen LogP contribution in [-0.2, 0) is 4.74 Å². The minimum atomic E-state index is 0.317. The third-order valence-corrected chi connectivity index (χ3v) is 3.02. The largest absolute Gasteiger partial charge is 0.384 e. The van der Waals surface area contributed by atoms with E-state index in [2.05, 4.69) is 15.1 Å². The number of hydrogen-bond acceptors (Lipinski definition) is 6. The van der Waals surface area contributed by atoms with Gasteiger partial charge in [0.25, 0.3) is 5.89 Å². The molecule has 3 heterocycles. The number of nitrogen functional groups attached to an aromatic ring is 1. The second kappa shape index (κ2) is 4.73. The zero-order chi connectivity index (χ0) is 12.4. The Morgan fingerprint density at radius 2 is 2.00 bits per heavy atom. The molecule has 0 spiro atoms. The molecule has 0 amide bonds. The van der Waals surface area contributed by atoms with Gasteiger partial charge in [-0.3, -0.25) is 0 Å². The molecule has 0 atom stereocenters. The fourth-order valence-corrected chi connectivity index (χ4v) is 2.03. The van der Waals surface area contributed by atoms with E-state index in [-0.39, 0.29) is 0 Å². The highest BCUT2D eigenvalue weighted by atomic mass is 16.5. The Bertz CT molecular complexity index is 534. The van der Waals surface area contributed by atoms with E-state index in [1.54, 1.807) is 12.1 Å². The molecule has 1 aliphatic heterocycles. The number of ether oxygens (including phenoxy) is 1. The maximum absolute atomic E-state index is 5.63. The first-order chi connectivity index (χ1) is 8.83. The van der Waals surface area contributed by atoms with Gasteiger partial charge < -0.3 is 15.0 Å². The summed E-state index contributed by atoms with van der Waals surface area (Å²) in [4.78, 5) is 8.55. The van der Waals surface area contributed by atoms with Crippen molar-refractivity contribution < 1.29 is 9.26 Å². The topological polar surface area (TPSA) is 87.1 Å². The second-order valence-electron chi connectivity index (χ2n) is 4.29. The quantitative estimate of drug-likeness (QED) is 0.866. The lowest BCUT2D eigenvalue weighted by Gasteiger charge is -2.18. The van der Waals surface area contributed by atoms with E-state index < -0.39 is 0 Å². The van der Waals surface area contributed by atoms with E-state index in [0.717, 1.165) is 31.9 Å². The molecule has 94 valence electrons. The normalized spacial score (nSPS) is 16.9. The number of rotatable bonds is 2. The Kier molecular flexibility index (Phi) is 2.93. The van der Waals surface area contributed by atoms with Crippen LogP contribution in [0.1, 0.15) is 24.6 Å².